The Morgan fingerprint density at radius 1 is 1.42 bits per heavy atom. The zero-order chi connectivity index (χ0) is 13.7. The first kappa shape index (κ1) is 14.0. The molecule has 2 rings (SSSR count). The molecule has 1 amide bonds. The van der Waals surface area contributed by atoms with Gasteiger partial charge in [-0.25, -0.2) is 0 Å². The van der Waals surface area contributed by atoms with Gasteiger partial charge in [-0.15, -0.1) is 0 Å². The fourth-order valence-electron chi connectivity index (χ4n) is 2.16. The van der Waals surface area contributed by atoms with Crippen molar-refractivity contribution in [1.82, 2.24) is 15.5 Å². The quantitative estimate of drug-likeness (QED) is 0.796. The second kappa shape index (κ2) is 6.68. The van der Waals surface area contributed by atoms with Crippen LogP contribution < -0.4 is 10.6 Å². The number of hydrogen-bond donors (Lipinski definition) is 2. The Morgan fingerprint density at radius 3 is 2.68 bits per heavy atom. The average Bonchev–Trinajstić information content (AvgIpc) is 2.34. The fraction of sp³-hybridized carbons (Fsp3) is 0.533. The zero-order valence-electron chi connectivity index (χ0n) is 11.7. The van der Waals surface area contributed by atoms with Crippen molar-refractivity contribution in [2.24, 2.45) is 0 Å². The minimum absolute atomic E-state index is 0.109. The third-order valence-corrected chi connectivity index (χ3v) is 3.75. The molecule has 0 spiro atoms. The molecule has 1 atom stereocenters. The van der Waals surface area contributed by atoms with Crippen LogP contribution >= 0.6 is 0 Å². The first-order chi connectivity index (χ1) is 9.16. The van der Waals surface area contributed by atoms with Gasteiger partial charge < -0.3 is 10.6 Å². The van der Waals surface area contributed by atoms with Gasteiger partial charge in [0.1, 0.15) is 0 Å². The van der Waals surface area contributed by atoms with Crippen molar-refractivity contribution >= 4 is 5.91 Å². The van der Waals surface area contributed by atoms with Crippen LogP contribution in [0.2, 0.25) is 0 Å². The highest BCUT2D eigenvalue weighted by Gasteiger charge is 2.22. The smallest absolute Gasteiger partial charge is 0.234 e. The fourth-order valence-corrected chi connectivity index (χ4v) is 2.16. The molecule has 1 unspecified atom stereocenters. The van der Waals surface area contributed by atoms with Crippen molar-refractivity contribution < 1.29 is 4.79 Å². The molecule has 4 heteroatoms. The molecule has 1 aromatic rings. The number of carbonyl (C=O) groups excluding carboxylic acids is 1. The summed E-state index contributed by atoms with van der Waals surface area (Å²) in [7, 11) is 2.01. The van der Waals surface area contributed by atoms with Crippen LogP contribution in [0.1, 0.15) is 18.4 Å². The molecule has 0 bridgehead atoms. The molecule has 0 aromatic heterocycles. The third kappa shape index (κ3) is 4.04. The molecule has 1 heterocycles. The Hall–Kier alpha value is -1.39. The number of carbonyl (C=O) groups is 1. The van der Waals surface area contributed by atoms with Crippen LogP contribution in [0.4, 0.5) is 0 Å². The maximum atomic E-state index is 11.9. The number of rotatable bonds is 6. The predicted molar refractivity (Wildman–Crippen MR) is 77.2 cm³/mol. The Bertz CT molecular complexity index is 403. The summed E-state index contributed by atoms with van der Waals surface area (Å²) in [5, 5.41) is 6.23. The summed E-state index contributed by atoms with van der Waals surface area (Å²) >= 11 is 0. The molecule has 19 heavy (non-hydrogen) atoms. The van der Waals surface area contributed by atoms with Gasteiger partial charge in [0.25, 0.3) is 0 Å². The molecular weight excluding hydrogens is 238 g/mol. The third-order valence-electron chi connectivity index (χ3n) is 3.75. The Morgan fingerprint density at radius 2 is 2.11 bits per heavy atom. The number of benzene rings is 1. The summed E-state index contributed by atoms with van der Waals surface area (Å²) in [4.78, 5) is 14.0. The average molecular weight is 261 g/mol. The maximum Gasteiger partial charge on any atom is 0.234 e. The van der Waals surface area contributed by atoms with E-state index in [1.807, 2.05) is 25.2 Å². The Kier molecular flexibility index (Phi) is 4.93. The highest BCUT2D eigenvalue weighted by molar-refractivity contribution is 5.78. The van der Waals surface area contributed by atoms with Crippen molar-refractivity contribution in [2.45, 2.75) is 18.9 Å². The van der Waals surface area contributed by atoms with Gasteiger partial charge in [0.05, 0.1) is 6.54 Å². The van der Waals surface area contributed by atoms with E-state index in [-0.39, 0.29) is 5.91 Å². The summed E-state index contributed by atoms with van der Waals surface area (Å²) in [6.45, 7) is 5.29. The molecule has 104 valence electrons. The van der Waals surface area contributed by atoms with E-state index < -0.39 is 0 Å². The summed E-state index contributed by atoms with van der Waals surface area (Å²) < 4.78 is 0. The first-order valence-electron chi connectivity index (χ1n) is 6.89. The molecule has 0 saturated carbocycles. The number of nitrogens with zero attached hydrogens (tertiary/aromatic N) is 1. The number of amides is 1. The van der Waals surface area contributed by atoms with Gasteiger partial charge in [0, 0.05) is 25.7 Å². The molecule has 1 saturated heterocycles. The van der Waals surface area contributed by atoms with Crippen molar-refractivity contribution in [2.75, 3.05) is 33.2 Å². The van der Waals surface area contributed by atoms with Crippen molar-refractivity contribution in [1.29, 1.82) is 0 Å². The summed E-state index contributed by atoms with van der Waals surface area (Å²) in [5.74, 6) is 0.456. The van der Waals surface area contributed by atoms with Crippen LogP contribution in [0.5, 0.6) is 0 Å². The SMILES string of the molecule is CC(CNC(=O)CN(C)C1CNC1)c1ccccc1. The van der Waals surface area contributed by atoms with E-state index in [0.717, 1.165) is 13.1 Å². The molecule has 1 aliphatic heterocycles. The minimum Gasteiger partial charge on any atom is -0.354 e. The van der Waals surface area contributed by atoms with E-state index in [1.165, 1.54) is 5.56 Å². The molecule has 0 aliphatic carbocycles. The lowest BCUT2D eigenvalue weighted by Crippen LogP contribution is -2.57. The predicted octanol–water partition coefficient (Wildman–Crippen LogP) is 0.810. The van der Waals surface area contributed by atoms with Gasteiger partial charge in [-0.05, 0) is 18.5 Å². The van der Waals surface area contributed by atoms with Gasteiger partial charge in [0.15, 0.2) is 0 Å². The minimum atomic E-state index is 0.109. The topological polar surface area (TPSA) is 44.4 Å². The van der Waals surface area contributed by atoms with Crippen LogP contribution in [-0.2, 0) is 4.79 Å². The molecule has 1 fully saturated rings. The second-order valence-corrected chi connectivity index (χ2v) is 5.34. The van der Waals surface area contributed by atoms with E-state index in [4.69, 9.17) is 0 Å². The lowest BCUT2D eigenvalue weighted by Gasteiger charge is -2.35. The van der Waals surface area contributed by atoms with Gasteiger partial charge in [-0.2, -0.15) is 0 Å². The summed E-state index contributed by atoms with van der Waals surface area (Å²) in [6, 6.07) is 10.8. The molecular formula is C15H23N3O. The number of nitrogens with one attached hydrogen (secondary N) is 2. The highest BCUT2D eigenvalue weighted by Crippen LogP contribution is 2.12. The van der Waals surface area contributed by atoms with Crippen molar-refractivity contribution in [3.05, 3.63) is 35.9 Å². The van der Waals surface area contributed by atoms with E-state index in [2.05, 4.69) is 34.6 Å². The second-order valence-electron chi connectivity index (χ2n) is 5.34. The maximum absolute atomic E-state index is 11.9. The lowest BCUT2D eigenvalue weighted by atomic mass is 10.0. The van der Waals surface area contributed by atoms with Crippen LogP contribution in [-0.4, -0.2) is 50.1 Å². The summed E-state index contributed by atoms with van der Waals surface area (Å²) in [6.07, 6.45) is 0. The van der Waals surface area contributed by atoms with Crippen LogP contribution in [0.15, 0.2) is 30.3 Å². The Balaban J connectivity index is 1.71. The van der Waals surface area contributed by atoms with E-state index >= 15 is 0 Å². The van der Waals surface area contributed by atoms with E-state index in [0.29, 0.717) is 25.0 Å². The van der Waals surface area contributed by atoms with Crippen LogP contribution in [0, 0.1) is 0 Å². The van der Waals surface area contributed by atoms with Crippen LogP contribution in [0.25, 0.3) is 0 Å². The highest BCUT2D eigenvalue weighted by atomic mass is 16.2. The van der Waals surface area contributed by atoms with Gasteiger partial charge >= 0.3 is 0 Å². The summed E-state index contributed by atoms with van der Waals surface area (Å²) in [5.41, 5.74) is 1.26. The molecule has 2 N–H and O–H groups in total. The molecule has 1 aromatic carbocycles. The first-order valence-corrected chi connectivity index (χ1v) is 6.89. The lowest BCUT2D eigenvalue weighted by molar-refractivity contribution is -0.122. The molecule has 0 radical (unpaired) electrons. The standard InChI is InChI=1S/C15H23N3O/c1-12(13-6-4-3-5-7-13)8-17-15(19)11-18(2)14-9-16-10-14/h3-7,12,14,16H,8-11H2,1-2H3,(H,17,19). The van der Waals surface area contributed by atoms with Gasteiger partial charge in [0.2, 0.25) is 5.91 Å². The van der Waals surface area contributed by atoms with Crippen molar-refractivity contribution in [3.63, 3.8) is 0 Å². The molecule has 1 aliphatic rings. The van der Waals surface area contributed by atoms with Crippen LogP contribution in [0.3, 0.4) is 0 Å². The zero-order valence-corrected chi connectivity index (χ0v) is 11.7. The number of likely N-dealkylation sites (N-methyl/N-ethyl adjacent to an activating group) is 1. The van der Waals surface area contributed by atoms with E-state index in [9.17, 15) is 4.79 Å². The number of hydrogen-bond acceptors (Lipinski definition) is 3. The van der Waals surface area contributed by atoms with Crippen molar-refractivity contribution in [3.8, 4) is 0 Å². The Labute approximate surface area is 115 Å². The molecule has 4 nitrogen and oxygen atoms in total. The van der Waals surface area contributed by atoms with Gasteiger partial charge in [-0.3, -0.25) is 9.69 Å². The largest absolute Gasteiger partial charge is 0.354 e. The van der Waals surface area contributed by atoms with E-state index in [1.54, 1.807) is 0 Å². The van der Waals surface area contributed by atoms with Gasteiger partial charge in [-0.1, -0.05) is 37.3 Å². The normalized spacial score (nSPS) is 17.0. The monoisotopic (exact) mass is 261 g/mol.